The maximum atomic E-state index is 15.5. The van der Waals surface area contributed by atoms with Crippen molar-refractivity contribution in [2.24, 2.45) is 5.92 Å². The number of nitrogens with one attached hydrogen (secondary N) is 1. The molecule has 0 aromatic heterocycles. The maximum absolute atomic E-state index is 15.5. The number of rotatable bonds is 12. The van der Waals surface area contributed by atoms with E-state index in [0.717, 1.165) is 27.6 Å². The minimum absolute atomic E-state index is 0.0462. The van der Waals surface area contributed by atoms with Gasteiger partial charge in [-0.05, 0) is 95.4 Å². The maximum Gasteiger partial charge on any atom is 0.264 e. The molecule has 0 unspecified atom stereocenters. The van der Waals surface area contributed by atoms with E-state index >= 15 is 4.79 Å². The van der Waals surface area contributed by atoms with E-state index in [0.29, 0.717) is 47.0 Å². The zero-order chi connectivity index (χ0) is 43.1. The Kier molecular flexibility index (Phi) is 11.5. The van der Waals surface area contributed by atoms with Gasteiger partial charge in [-0.2, -0.15) is 0 Å². The average molecular weight is 840 g/mol. The molecule has 61 heavy (non-hydrogen) atoms. The van der Waals surface area contributed by atoms with Crippen LogP contribution in [0.4, 0.5) is 11.4 Å². The fourth-order valence-corrected chi connectivity index (χ4v) is 14.0. The summed E-state index contributed by atoms with van der Waals surface area (Å²) in [7, 11) is 2.25. The van der Waals surface area contributed by atoms with E-state index in [1.54, 1.807) is 55.4 Å². The molecule has 0 radical (unpaired) electrons. The Morgan fingerprint density at radius 2 is 1.49 bits per heavy atom. The van der Waals surface area contributed by atoms with Crippen LogP contribution in [0.25, 0.3) is 0 Å². The standard InChI is InChI=1S/C49H53N3O8Si/c1-31-46(61(5,6)41-21-18-39(58-3)19-22-41)44(27-45(54)51-29-35-12-8-7-11-34(35)25-37(51)30-53)60-49(31)42-26-40(59-4)20-23-43(42)52(48(49)56)28-32-10-9-13-36(24-32)50-47(55)33-14-16-38(57-2)17-15-33/h7-24,26,31,37,44,46,53H,25,27-30H2,1-6H3,(H,50,55)/t31-,37-,44+,46-,49+/m0/s1. The summed E-state index contributed by atoms with van der Waals surface area (Å²) in [6.45, 7) is 7.12. The first-order valence-corrected chi connectivity index (χ1v) is 23.8. The van der Waals surface area contributed by atoms with Crippen LogP contribution in [0.15, 0.2) is 115 Å². The Morgan fingerprint density at radius 1 is 0.836 bits per heavy atom. The predicted octanol–water partition coefficient (Wildman–Crippen LogP) is 7.06. The second kappa shape index (κ2) is 16.8. The number of ether oxygens (including phenoxy) is 4. The topological polar surface area (TPSA) is 127 Å². The lowest BCUT2D eigenvalue weighted by molar-refractivity contribution is -0.151. The summed E-state index contributed by atoms with van der Waals surface area (Å²) in [6.07, 6.45) is -0.0145. The molecule has 2 N–H and O–H groups in total. The van der Waals surface area contributed by atoms with E-state index in [-0.39, 0.29) is 54.8 Å². The van der Waals surface area contributed by atoms with Crippen molar-refractivity contribution in [3.63, 3.8) is 0 Å². The van der Waals surface area contributed by atoms with Crippen molar-refractivity contribution in [2.75, 3.05) is 38.2 Å². The third kappa shape index (κ3) is 7.57. The highest BCUT2D eigenvalue weighted by Crippen LogP contribution is 2.60. The molecular formula is C49H53N3O8Si. The molecule has 5 atom stereocenters. The second-order valence-electron chi connectivity index (χ2n) is 16.8. The summed E-state index contributed by atoms with van der Waals surface area (Å²) in [4.78, 5) is 47.0. The number of aliphatic hydroxyl groups excluding tert-OH is 1. The number of benzene rings is 5. The van der Waals surface area contributed by atoms with Crippen LogP contribution < -0.4 is 29.6 Å². The summed E-state index contributed by atoms with van der Waals surface area (Å²) in [5.74, 6) is 1.04. The number of amides is 3. The minimum Gasteiger partial charge on any atom is -0.497 e. The summed E-state index contributed by atoms with van der Waals surface area (Å²) in [5.41, 5.74) is 3.87. The van der Waals surface area contributed by atoms with Crippen molar-refractivity contribution in [3.8, 4) is 17.2 Å². The number of nitrogens with zero attached hydrogens (tertiary/aromatic N) is 2. The van der Waals surface area contributed by atoms with Crippen LogP contribution in [0.3, 0.4) is 0 Å². The van der Waals surface area contributed by atoms with Gasteiger partial charge in [0.15, 0.2) is 5.60 Å². The van der Waals surface area contributed by atoms with Gasteiger partial charge in [0.25, 0.3) is 11.8 Å². The number of carbonyl (C=O) groups is 3. The second-order valence-corrected chi connectivity index (χ2v) is 21.5. The smallest absolute Gasteiger partial charge is 0.264 e. The number of aliphatic hydroxyl groups is 1. The lowest BCUT2D eigenvalue weighted by Crippen LogP contribution is -2.52. The minimum atomic E-state index is -2.58. The molecule has 0 aliphatic carbocycles. The van der Waals surface area contributed by atoms with Gasteiger partial charge in [0.2, 0.25) is 5.91 Å². The third-order valence-corrected chi connectivity index (χ3v) is 17.5. The lowest BCUT2D eigenvalue weighted by atomic mass is 9.82. The summed E-state index contributed by atoms with van der Waals surface area (Å²) < 4.78 is 23.8. The van der Waals surface area contributed by atoms with Crippen LogP contribution in [0.2, 0.25) is 18.6 Å². The van der Waals surface area contributed by atoms with E-state index < -0.39 is 19.8 Å². The fourth-order valence-electron chi connectivity index (χ4n) is 9.98. The molecular weight excluding hydrogens is 787 g/mol. The van der Waals surface area contributed by atoms with Crippen LogP contribution >= 0.6 is 0 Å². The Bertz CT molecular complexity index is 2440. The molecule has 8 rings (SSSR count). The molecule has 1 saturated heterocycles. The molecule has 0 saturated carbocycles. The van der Waals surface area contributed by atoms with Gasteiger partial charge in [-0.25, -0.2) is 0 Å². The number of hydrogen-bond acceptors (Lipinski definition) is 8. The highest BCUT2D eigenvalue weighted by Gasteiger charge is 2.66. The molecule has 1 fully saturated rings. The molecule has 3 amide bonds. The van der Waals surface area contributed by atoms with Crippen molar-refractivity contribution in [1.82, 2.24) is 4.90 Å². The normalized spacial score (nSPS) is 21.9. The zero-order valence-electron chi connectivity index (χ0n) is 35.5. The third-order valence-electron chi connectivity index (χ3n) is 13.2. The van der Waals surface area contributed by atoms with Crippen LogP contribution in [0.1, 0.15) is 46.0 Å². The van der Waals surface area contributed by atoms with Crippen molar-refractivity contribution < 1.29 is 38.4 Å². The number of methoxy groups -OCH3 is 3. The molecule has 1 spiro atoms. The molecule has 3 aliphatic rings. The summed E-state index contributed by atoms with van der Waals surface area (Å²) in [6, 6.07) is 35.9. The first-order chi connectivity index (χ1) is 29.4. The van der Waals surface area contributed by atoms with Gasteiger partial charge in [0, 0.05) is 29.3 Å². The summed E-state index contributed by atoms with van der Waals surface area (Å²) >= 11 is 0. The van der Waals surface area contributed by atoms with Gasteiger partial charge in [-0.15, -0.1) is 0 Å². The highest BCUT2D eigenvalue weighted by atomic mass is 28.3. The first kappa shape index (κ1) is 41.8. The van der Waals surface area contributed by atoms with Crippen LogP contribution in [0, 0.1) is 5.92 Å². The SMILES string of the molecule is COc1ccc(C(=O)Nc2cccc(CN3C(=O)[C@]4(O[C@H](CC(=O)N5Cc6ccccc6C[C@H]5CO)[C@@H]([Si](C)(C)c5ccc(OC)cc5)[C@@H]4C)c4cc(OC)ccc43)c2)cc1. The Morgan fingerprint density at radius 3 is 2.16 bits per heavy atom. The van der Waals surface area contributed by atoms with Gasteiger partial charge < -0.3 is 39.2 Å². The van der Waals surface area contributed by atoms with Crippen LogP contribution in [-0.2, 0) is 39.4 Å². The van der Waals surface area contributed by atoms with Gasteiger partial charge in [0.1, 0.15) is 17.2 Å². The monoisotopic (exact) mass is 839 g/mol. The van der Waals surface area contributed by atoms with Crippen LogP contribution in [-0.4, -0.2) is 75.9 Å². The van der Waals surface area contributed by atoms with E-state index in [4.69, 9.17) is 18.9 Å². The van der Waals surface area contributed by atoms with Crippen molar-refractivity contribution in [3.05, 3.63) is 143 Å². The van der Waals surface area contributed by atoms with Crippen molar-refractivity contribution in [2.45, 2.75) is 69.2 Å². The van der Waals surface area contributed by atoms with Gasteiger partial charge in [-0.3, -0.25) is 14.4 Å². The predicted molar refractivity (Wildman–Crippen MR) is 237 cm³/mol. The van der Waals surface area contributed by atoms with Gasteiger partial charge >= 0.3 is 0 Å². The van der Waals surface area contributed by atoms with E-state index in [9.17, 15) is 14.7 Å². The Hall–Kier alpha value is -5.95. The molecule has 5 aromatic rings. The Labute approximate surface area is 358 Å². The Balaban J connectivity index is 1.15. The van der Waals surface area contributed by atoms with Gasteiger partial charge in [0.05, 0.1) is 66.8 Å². The summed E-state index contributed by atoms with van der Waals surface area (Å²) in [5, 5.41) is 14.7. The number of anilines is 2. The number of fused-ring (bicyclic) bond motifs is 3. The van der Waals surface area contributed by atoms with Crippen molar-refractivity contribution in [1.29, 1.82) is 0 Å². The molecule has 3 aliphatic heterocycles. The number of carbonyl (C=O) groups excluding carboxylic acids is 3. The molecule has 5 aromatic carbocycles. The quantitative estimate of drug-likeness (QED) is 0.128. The fraction of sp³-hybridized carbons (Fsp3) is 0.327. The largest absolute Gasteiger partial charge is 0.497 e. The lowest BCUT2D eigenvalue weighted by Gasteiger charge is -2.39. The number of hydrogen-bond donors (Lipinski definition) is 2. The molecule has 0 bridgehead atoms. The van der Waals surface area contributed by atoms with Crippen molar-refractivity contribution >= 4 is 42.4 Å². The highest BCUT2D eigenvalue weighted by molar-refractivity contribution is 6.91. The van der Waals surface area contributed by atoms with Gasteiger partial charge in [-0.1, -0.05) is 73.7 Å². The average Bonchev–Trinajstić information content (AvgIpc) is 3.71. The van der Waals surface area contributed by atoms with E-state index in [1.165, 1.54) is 0 Å². The van der Waals surface area contributed by atoms with Crippen LogP contribution in [0.5, 0.6) is 17.2 Å². The zero-order valence-corrected chi connectivity index (χ0v) is 36.5. The molecule has 3 heterocycles. The molecule has 11 nitrogen and oxygen atoms in total. The molecule has 316 valence electrons. The first-order valence-electron chi connectivity index (χ1n) is 20.8. The molecule has 12 heteroatoms. The van der Waals surface area contributed by atoms with E-state index in [2.05, 4.69) is 43.5 Å². The van der Waals surface area contributed by atoms with E-state index in [1.807, 2.05) is 72.8 Å².